The van der Waals surface area contributed by atoms with Gasteiger partial charge >= 0.3 is 11.8 Å². The van der Waals surface area contributed by atoms with Gasteiger partial charge in [0.15, 0.2) is 0 Å². The molecule has 23 heavy (non-hydrogen) atoms. The molecule has 2 rings (SSSR count). The van der Waals surface area contributed by atoms with Crippen LogP contribution in [0.1, 0.15) is 37.7 Å². The van der Waals surface area contributed by atoms with Crippen LogP contribution in [0, 0.1) is 12.8 Å². The Morgan fingerprint density at radius 3 is 2.65 bits per heavy atom. The molecule has 0 spiro atoms. The number of anilines is 1. The second kappa shape index (κ2) is 9.30. The average Bonchev–Trinajstić information content (AvgIpc) is 2.57. The maximum Gasteiger partial charge on any atom is 0.313 e. The minimum Gasteiger partial charge on any atom is -0.348 e. The van der Waals surface area contributed by atoms with E-state index in [2.05, 4.69) is 16.0 Å². The lowest BCUT2D eigenvalue weighted by Gasteiger charge is -2.22. The van der Waals surface area contributed by atoms with Crippen molar-refractivity contribution in [3.63, 3.8) is 0 Å². The van der Waals surface area contributed by atoms with Crippen LogP contribution in [0.4, 0.5) is 5.69 Å². The molecule has 126 valence electrons. The molecule has 1 aromatic carbocycles. The molecule has 3 N–H and O–H groups in total. The Hall–Kier alpha value is -1.88. The van der Waals surface area contributed by atoms with Crippen LogP contribution >= 0.6 is 0 Å². The van der Waals surface area contributed by atoms with Crippen molar-refractivity contribution in [2.75, 3.05) is 25.0 Å². The highest BCUT2D eigenvalue weighted by atomic mass is 16.2. The fraction of sp³-hybridized carbons (Fsp3) is 0.556. The van der Waals surface area contributed by atoms with Crippen molar-refractivity contribution < 1.29 is 9.59 Å². The summed E-state index contributed by atoms with van der Waals surface area (Å²) in [5.41, 5.74) is 1.75. The average molecular weight is 317 g/mol. The maximum absolute atomic E-state index is 11.8. The summed E-state index contributed by atoms with van der Waals surface area (Å²) in [5, 5.41) is 8.70. The molecular formula is C18H27N3O2. The van der Waals surface area contributed by atoms with E-state index in [1.54, 1.807) is 12.1 Å². The van der Waals surface area contributed by atoms with E-state index >= 15 is 0 Å². The minimum absolute atomic E-state index is 0.556. The molecule has 1 saturated heterocycles. The molecule has 1 aromatic rings. The number of carbonyl (C=O) groups excluding carboxylic acids is 2. The van der Waals surface area contributed by atoms with Gasteiger partial charge in [-0.2, -0.15) is 0 Å². The number of benzene rings is 1. The number of hydrogen-bond donors (Lipinski definition) is 3. The number of piperidine rings is 1. The number of unbranched alkanes of at least 4 members (excludes halogenated alkanes) is 1. The number of rotatable bonds is 6. The minimum atomic E-state index is -0.606. The fourth-order valence-corrected chi connectivity index (χ4v) is 2.84. The first kappa shape index (κ1) is 17.5. The van der Waals surface area contributed by atoms with E-state index in [0.717, 1.165) is 37.4 Å². The smallest absolute Gasteiger partial charge is 0.313 e. The summed E-state index contributed by atoms with van der Waals surface area (Å²) in [5.74, 6) is -0.403. The van der Waals surface area contributed by atoms with Crippen molar-refractivity contribution in [1.82, 2.24) is 10.6 Å². The molecule has 0 aliphatic carbocycles. The first-order valence-corrected chi connectivity index (χ1v) is 8.52. The van der Waals surface area contributed by atoms with Gasteiger partial charge in [-0.1, -0.05) is 24.1 Å². The van der Waals surface area contributed by atoms with Crippen LogP contribution in [0.2, 0.25) is 0 Å². The molecule has 0 bridgehead atoms. The summed E-state index contributed by atoms with van der Waals surface area (Å²) in [6, 6.07) is 7.37. The molecule has 0 radical (unpaired) electrons. The third-order valence-electron chi connectivity index (χ3n) is 4.24. The zero-order valence-electron chi connectivity index (χ0n) is 13.9. The van der Waals surface area contributed by atoms with Crippen LogP contribution in [-0.2, 0) is 9.59 Å². The molecule has 1 atom stereocenters. The van der Waals surface area contributed by atoms with Gasteiger partial charge in [0.2, 0.25) is 0 Å². The van der Waals surface area contributed by atoms with Crippen LogP contribution in [0.3, 0.4) is 0 Å². The molecule has 5 nitrogen and oxygen atoms in total. The zero-order chi connectivity index (χ0) is 16.5. The summed E-state index contributed by atoms with van der Waals surface area (Å²) in [6.07, 6.45) is 5.77. The van der Waals surface area contributed by atoms with Crippen LogP contribution < -0.4 is 16.0 Å². The number of amides is 2. The van der Waals surface area contributed by atoms with Crippen molar-refractivity contribution in [2.24, 2.45) is 5.92 Å². The predicted octanol–water partition coefficient (Wildman–Crippen LogP) is 2.22. The molecule has 0 saturated carbocycles. The van der Waals surface area contributed by atoms with Gasteiger partial charge in [-0.3, -0.25) is 9.59 Å². The van der Waals surface area contributed by atoms with Crippen LogP contribution in [0.5, 0.6) is 0 Å². The Morgan fingerprint density at radius 2 is 1.96 bits per heavy atom. The SMILES string of the molecule is Cc1ccc(NC(=O)C(=O)NCCCCC2CCCNC2)cc1. The van der Waals surface area contributed by atoms with E-state index in [-0.39, 0.29) is 0 Å². The van der Waals surface area contributed by atoms with Crippen molar-refractivity contribution in [1.29, 1.82) is 0 Å². The Labute approximate surface area is 138 Å². The van der Waals surface area contributed by atoms with Crippen molar-refractivity contribution >= 4 is 17.5 Å². The van der Waals surface area contributed by atoms with E-state index in [1.165, 1.54) is 19.3 Å². The third-order valence-corrected chi connectivity index (χ3v) is 4.24. The molecule has 0 aromatic heterocycles. The van der Waals surface area contributed by atoms with Gasteiger partial charge in [0.25, 0.3) is 0 Å². The largest absolute Gasteiger partial charge is 0.348 e. The molecule has 1 fully saturated rings. The highest BCUT2D eigenvalue weighted by molar-refractivity contribution is 6.39. The Kier molecular flexibility index (Phi) is 7.07. The zero-order valence-corrected chi connectivity index (χ0v) is 13.9. The summed E-state index contributed by atoms with van der Waals surface area (Å²) < 4.78 is 0. The van der Waals surface area contributed by atoms with Gasteiger partial charge in [0, 0.05) is 12.2 Å². The maximum atomic E-state index is 11.8. The van der Waals surface area contributed by atoms with Gasteiger partial charge in [-0.15, -0.1) is 0 Å². The summed E-state index contributed by atoms with van der Waals surface area (Å²) >= 11 is 0. The summed E-state index contributed by atoms with van der Waals surface area (Å²) in [7, 11) is 0. The topological polar surface area (TPSA) is 70.2 Å². The second-order valence-electron chi connectivity index (χ2n) is 6.28. The van der Waals surface area contributed by atoms with Gasteiger partial charge in [-0.25, -0.2) is 0 Å². The Balaban J connectivity index is 1.58. The van der Waals surface area contributed by atoms with Gasteiger partial charge in [-0.05, 0) is 63.7 Å². The molecule has 5 heteroatoms. The third kappa shape index (κ3) is 6.40. The summed E-state index contributed by atoms with van der Waals surface area (Å²) in [6.45, 7) is 4.79. The van der Waals surface area contributed by atoms with Crippen LogP contribution in [0.25, 0.3) is 0 Å². The molecule has 2 amide bonds. The van der Waals surface area contributed by atoms with Crippen molar-refractivity contribution in [3.8, 4) is 0 Å². The molecule has 1 unspecified atom stereocenters. The lowest BCUT2D eigenvalue weighted by Crippen LogP contribution is -2.36. The van der Waals surface area contributed by atoms with Gasteiger partial charge in [0.05, 0.1) is 0 Å². The fourth-order valence-electron chi connectivity index (χ4n) is 2.84. The number of hydrogen-bond acceptors (Lipinski definition) is 3. The van der Waals surface area contributed by atoms with Crippen molar-refractivity contribution in [3.05, 3.63) is 29.8 Å². The second-order valence-corrected chi connectivity index (χ2v) is 6.28. The molecule has 1 aliphatic rings. The number of nitrogens with one attached hydrogen (secondary N) is 3. The Bertz CT molecular complexity index is 508. The first-order chi connectivity index (χ1) is 11.1. The van der Waals surface area contributed by atoms with Gasteiger partial charge in [0.1, 0.15) is 0 Å². The summed E-state index contributed by atoms with van der Waals surface area (Å²) in [4.78, 5) is 23.5. The predicted molar refractivity (Wildman–Crippen MR) is 92.3 cm³/mol. The van der Waals surface area contributed by atoms with E-state index in [1.807, 2.05) is 19.1 Å². The first-order valence-electron chi connectivity index (χ1n) is 8.52. The monoisotopic (exact) mass is 317 g/mol. The standard InChI is InChI=1S/C18H27N3O2/c1-14-7-9-16(10-8-14)21-18(23)17(22)20-12-3-2-5-15-6-4-11-19-13-15/h7-10,15,19H,2-6,11-13H2,1H3,(H,20,22)(H,21,23). The molecule has 1 heterocycles. The Morgan fingerprint density at radius 1 is 1.17 bits per heavy atom. The normalized spacial score (nSPS) is 17.5. The van der Waals surface area contributed by atoms with Crippen LogP contribution in [0.15, 0.2) is 24.3 Å². The molecule has 1 aliphatic heterocycles. The van der Waals surface area contributed by atoms with E-state index in [0.29, 0.717) is 12.2 Å². The van der Waals surface area contributed by atoms with E-state index in [4.69, 9.17) is 0 Å². The highest BCUT2D eigenvalue weighted by Gasteiger charge is 2.14. The van der Waals surface area contributed by atoms with Gasteiger partial charge < -0.3 is 16.0 Å². The van der Waals surface area contributed by atoms with Crippen LogP contribution in [-0.4, -0.2) is 31.4 Å². The lowest BCUT2D eigenvalue weighted by atomic mass is 9.94. The quantitative estimate of drug-likeness (QED) is 0.556. The van der Waals surface area contributed by atoms with E-state index in [9.17, 15) is 9.59 Å². The number of aryl methyl sites for hydroxylation is 1. The number of carbonyl (C=O) groups is 2. The highest BCUT2D eigenvalue weighted by Crippen LogP contribution is 2.16. The van der Waals surface area contributed by atoms with E-state index < -0.39 is 11.8 Å². The van der Waals surface area contributed by atoms with Crippen molar-refractivity contribution in [2.45, 2.75) is 39.0 Å². The molecular weight excluding hydrogens is 290 g/mol. The lowest BCUT2D eigenvalue weighted by molar-refractivity contribution is -0.136.